The lowest BCUT2D eigenvalue weighted by Crippen LogP contribution is -2.52. The SMILES string of the molecule is CC(=O)C1=CC[C@@H]2[C@H]3CC[C@@H]4CCCC[C@]4(C)[C@@H]3CC[C@]12C. The molecule has 0 saturated heterocycles. The van der Waals surface area contributed by atoms with Crippen LogP contribution in [0.4, 0.5) is 0 Å². The third kappa shape index (κ3) is 1.86. The molecule has 0 bridgehead atoms. The van der Waals surface area contributed by atoms with Gasteiger partial charge in [0.15, 0.2) is 5.78 Å². The summed E-state index contributed by atoms with van der Waals surface area (Å²) in [4.78, 5) is 12.1. The van der Waals surface area contributed by atoms with Crippen molar-refractivity contribution in [2.75, 3.05) is 0 Å². The van der Waals surface area contributed by atoms with E-state index in [1.165, 1.54) is 63.4 Å². The molecule has 4 aliphatic rings. The van der Waals surface area contributed by atoms with Gasteiger partial charge in [-0.05, 0) is 91.9 Å². The van der Waals surface area contributed by atoms with E-state index in [1.54, 1.807) is 6.92 Å². The molecule has 0 aromatic heterocycles. The van der Waals surface area contributed by atoms with Crippen molar-refractivity contribution in [2.24, 2.45) is 34.5 Å². The summed E-state index contributed by atoms with van der Waals surface area (Å²) in [5, 5.41) is 0. The molecule has 4 rings (SSSR count). The molecule has 0 radical (unpaired) electrons. The maximum Gasteiger partial charge on any atom is 0.156 e. The van der Waals surface area contributed by atoms with E-state index in [0.29, 0.717) is 11.2 Å². The highest BCUT2D eigenvalue weighted by molar-refractivity contribution is 5.95. The molecule has 1 heteroatoms. The summed E-state index contributed by atoms with van der Waals surface area (Å²) in [7, 11) is 0. The first-order valence-electron chi connectivity index (χ1n) is 9.68. The van der Waals surface area contributed by atoms with Crippen LogP contribution in [0.2, 0.25) is 0 Å². The van der Waals surface area contributed by atoms with Gasteiger partial charge < -0.3 is 0 Å². The fourth-order valence-corrected chi connectivity index (χ4v) is 7.41. The zero-order valence-corrected chi connectivity index (χ0v) is 14.7. The largest absolute Gasteiger partial charge is 0.295 e. The molecule has 1 nitrogen and oxygen atoms in total. The second kappa shape index (κ2) is 4.95. The second-order valence-corrected chi connectivity index (χ2v) is 9.27. The maximum atomic E-state index is 12.1. The summed E-state index contributed by atoms with van der Waals surface area (Å²) in [6.07, 6.45) is 14.9. The first kappa shape index (κ1) is 15.0. The molecular formula is C21H32O. The topological polar surface area (TPSA) is 17.1 Å². The van der Waals surface area contributed by atoms with E-state index in [1.807, 2.05) is 0 Å². The van der Waals surface area contributed by atoms with E-state index < -0.39 is 0 Å². The van der Waals surface area contributed by atoms with E-state index in [4.69, 9.17) is 0 Å². The van der Waals surface area contributed by atoms with Crippen molar-refractivity contribution in [1.29, 1.82) is 0 Å². The zero-order chi connectivity index (χ0) is 15.5. The highest BCUT2D eigenvalue weighted by Crippen LogP contribution is 2.66. The maximum absolute atomic E-state index is 12.1. The third-order valence-corrected chi connectivity index (χ3v) is 8.54. The first-order chi connectivity index (χ1) is 10.5. The van der Waals surface area contributed by atoms with Gasteiger partial charge in [0.25, 0.3) is 0 Å². The number of Topliss-reactive ketones (excluding diaryl/α,β-unsaturated/α-hetero) is 1. The standard InChI is InChI=1S/C21H32O/c1-14(22)17-9-10-18-16-8-7-15-6-4-5-12-20(15,2)19(16)11-13-21(17,18)3/h9,15-16,18-19H,4-8,10-13H2,1-3H3/t15-,16+,18+,19+,20-,21+/m0/s1. The lowest BCUT2D eigenvalue weighted by Gasteiger charge is -2.60. The van der Waals surface area contributed by atoms with Gasteiger partial charge in [-0.3, -0.25) is 4.79 Å². The monoisotopic (exact) mass is 300 g/mol. The van der Waals surface area contributed by atoms with Crippen molar-refractivity contribution in [3.63, 3.8) is 0 Å². The molecule has 122 valence electrons. The molecule has 0 spiro atoms. The van der Waals surface area contributed by atoms with Crippen LogP contribution < -0.4 is 0 Å². The molecule has 22 heavy (non-hydrogen) atoms. The minimum atomic E-state index is 0.199. The number of fused-ring (bicyclic) bond motifs is 5. The Kier molecular flexibility index (Phi) is 3.37. The van der Waals surface area contributed by atoms with Gasteiger partial charge in [0.2, 0.25) is 0 Å². The Morgan fingerprint density at radius 3 is 2.64 bits per heavy atom. The predicted octanol–water partition coefficient (Wildman–Crippen LogP) is 5.54. The number of carbonyl (C=O) groups excluding carboxylic acids is 1. The molecule has 3 saturated carbocycles. The molecule has 0 aromatic rings. The number of ketones is 1. The first-order valence-corrected chi connectivity index (χ1v) is 9.68. The highest BCUT2D eigenvalue weighted by atomic mass is 16.1. The van der Waals surface area contributed by atoms with Gasteiger partial charge in [0, 0.05) is 0 Å². The Bertz CT molecular complexity index is 518. The summed E-state index contributed by atoms with van der Waals surface area (Å²) < 4.78 is 0. The van der Waals surface area contributed by atoms with Gasteiger partial charge in [-0.2, -0.15) is 0 Å². The van der Waals surface area contributed by atoms with Crippen molar-refractivity contribution in [1.82, 2.24) is 0 Å². The summed E-state index contributed by atoms with van der Waals surface area (Å²) >= 11 is 0. The summed E-state index contributed by atoms with van der Waals surface area (Å²) in [5.74, 6) is 3.90. The Hall–Kier alpha value is -0.590. The van der Waals surface area contributed by atoms with E-state index in [9.17, 15) is 4.79 Å². The van der Waals surface area contributed by atoms with Crippen molar-refractivity contribution >= 4 is 5.78 Å². The Morgan fingerprint density at radius 1 is 1.05 bits per heavy atom. The average molecular weight is 300 g/mol. The minimum absolute atomic E-state index is 0.199. The number of allylic oxidation sites excluding steroid dienone is 2. The van der Waals surface area contributed by atoms with Crippen molar-refractivity contribution in [3.8, 4) is 0 Å². The molecule has 0 heterocycles. The smallest absolute Gasteiger partial charge is 0.156 e. The van der Waals surface area contributed by atoms with Crippen molar-refractivity contribution in [2.45, 2.75) is 78.6 Å². The van der Waals surface area contributed by atoms with Crippen LogP contribution in [0.15, 0.2) is 11.6 Å². The fourth-order valence-electron chi connectivity index (χ4n) is 7.41. The van der Waals surface area contributed by atoms with Gasteiger partial charge >= 0.3 is 0 Å². The van der Waals surface area contributed by atoms with Crippen LogP contribution in [0, 0.1) is 34.5 Å². The van der Waals surface area contributed by atoms with E-state index in [2.05, 4.69) is 19.9 Å². The Morgan fingerprint density at radius 2 is 1.86 bits per heavy atom. The molecule has 0 unspecified atom stereocenters. The molecule has 4 aliphatic carbocycles. The van der Waals surface area contributed by atoms with Crippen LogP contribution in [0.3, 0.4) is 0 Å². The average Bonchev–Trinajstić information content (AvgIpc) is 2.84. The van der Waals surface area contributed by atoms with E-state index in [0.717, 1.165) is 23.7 Å². The quantitative estimate of drug-likeness (QED) is 0.621. The zero-order valence-electron chi connectivity index (χ0n) is 14.7. The van der Waals surface area contributed by atoms with Crippen LogP contribution in [0.1, 0.15) is 78.6 Å². The van der Waals surface area contributed by atoms with Crippen LogP contribution in [-0.4, -0.2) is 5.78 Å². The Labute approximate surface area is 135 Å². The molecule has 0 aliphatic heterocycles. The third-order valence-electron chi connectivity index (χ3n) is 8.54. The lowest BCUT2D eigenvalue weighted by atomic mass is 9.45. The summed E-state index contributed by atoms with van der Waals surface area (Å²) in [6.45, 7) is 6.82. The Balaban J connectivity index is 1.64. The molecular weight excluding hydrogens is 268 g/mol. The summed E-state index contributed by atoms with van der Waals surface area (Å²) in [5.41, 5.74) is 1.98. The molecule has 3 fully saturated rings. The molecule has 0 aromatic carbocycles. The van der Waals surface area contributed by atoms with Gasteiger partial charge in [-0.1, -0.05) is 32.8 Å². The van der Waals surface area contributed by atoms with E-state index in [-0.39, 0.29) is 5.41 Å². The molecule has 0 N–H and O–H groups in total. The minimum Gasteiger partial charge on any atom is -0.295 e. The highest BCUT2D eigenvalue weighted by Gasteiger charge is 2.58. The number of hydrogen-bond acceptors (Lipinski definition) is 1. The second-order valence-electron chi connectivity index (χ2n) is 9.27. The van der Waals surface area contributed by atoms with Gasteiger partial charge in [-0.25, -0.2) is 0 Å². The molecule has 0 amide bonds. The van der Waals surface area contributed by atoms with Gasteiger partial charge in [0.1, 0.15) is 0 Å². The van der Waals surface area contributed by atoms with Gasteiger partial charge in [0.05, 0.1) is 0 Å². The van der Waals surface area contributed by atoms with Crippen LogP contribution in [-0.2, 0) is 4.79 Å². The number of hydrogen-bond donors (Lipinski definition) is 0. The predicted molar refractivity (Wildman–Crippen MR) is 90.5 cm³/mol. The van der Waals surface area contributed by atoms with Crippen molar-refractivity contribution < 1.29 is 4.79 Å². The fraction of sp³-hybridized carbons (Fsp3) is 0.857. The normalized spacial score (nSPS) is 50.6. The molecule has 6 atom stereocenters. The van der Waals surface area contributed by atoms with Crippen molar-refractivity contribution in [3.05, 3.63) is 11.6 Å². The van der Waals surface area contributed by atoms with E-state index >= 15 is 0 Å². The van der Waals surface area contributed by atoms with Gasteiger partial charge in [-0.15, -0.1) is 0 Å². The van der Waals surface area contributed by atoms with Crippen LogP contribution in [0.5, 0.6) is 0 Å². The van der Waals surface area contributed by atoms with Crippen LogP contribution in [0.25, 0.3) is 0 Å². The number of carbonyl (C=O) groups is 1. The summed E-state index contributed by atoms with van der Waals surface area (Å²) in [6, 6.07) is 0. The number of rotatable bonds is 1. The van der Waals surface area contributed by atoms with Crippen LogP contribution >= 0.6 is 0 Å². The lowest BCUT2D eigenvalue weighted by molar-refractivity contribution is -0.118.